The van der Waals surface area contributed by atoms with E-state index in [1.54, 1.807) is 6.92 Å². The molecule has 0 heterocycles. The molecule has 0 saturated carbocycles. The Kier molecular flexibility index (Phi) is 2.18. The Balaban J connectivity index is 2.49. The Morgan fingerprint density at radius 2 is 2.00 bits per heavy atom. The fourth-order valence-corrected chi connectivity index (χ4v) is 2.65. The molecule has 0 aromatic carbocycles. The van der Waals surface area contributed by atoms with Crippen LogP contribution in [0.1, 0.15) is 33.6 Å². The third-order valence-electron chi connectivity index (χ3n) is 3.75. The second kappa shape index (κ2) is 3.16. The summed E-state index contributed by atoms with van der Waals surface area (Å²) in [6.45, 7) is 5.70. The van der Waals surface area contributed by atoms with Crippen molar-refractivity contribution in [2.24, 2.45) is 11.3 Å². The lowest BCUT2D eigenvalue weighted by Gasteiger charge is -2.40. The van der Waals surface area contributed by atoms with E-state index in [0.717, 1.165) is 6.42 Å². The first kappa shape index (κ1) is 10.3. The molecule has 0 bridgehead atoms. The van der Waals surface area contributed by atoms with Gasteiger partial charge in [0.1, 0.15) is 0 Å². The molecule has 0 N–H and O–H groups in total. The summed E-state index contributed by atoms with van der Waals surface area (Å²) in [7, 11) is 0. The van der Waals surface area contributed by atoms with Crippen molar-refractivity contribution in [3.05, 3.63) is 23.3 Å². The maximum atomic E-state index is 12.1. The van der Waals surface area contributed by atoms with Crippen LogP contribution < -0.4 is 0 Å². The van der Waals surface area contributed by atoms with Crippen LogP contribution in [0.15, 0.2) is 23.3 Å². The summed E-state index contributed by atoms with van der Waals surface area (Å²) < 4.78 is 0. The zero-order valence-corrected chi connectivity index (χ0v) is 9.46. The number of carbonyl (C=O) groups is 2. The van der Waals surface area contributed by atoms with Crippen molar-refractivity contribution in [3.8, 4) is 0 Å². The summed E-state index contributed by atoms with van der Waals surface area (Å²) in [5.74, 6) is 0.150. The van der Waals surface area contributed by atoms with Gasteiger partial charge in [0.2, 0.25) is 0 Å². The molecule has 2 aliphatic carbocycles. The topological polar surface area (TPSA) is 34.1 Å². The Bertz CT molecular complexity index is 401. The zero-order chi connectivity index (χ0) is 11.2. The minimum atomic E-state index is -0.477. The largest absolute Gasteiger partial charge is 0.294 e. The number of fused-ring (bicyclic) bond motifs is 1. The quantitative estimate of drug-likeness (QED) is 0.568. The van der Waals surface area contributed by atoms with E-state index in [2.05, 4.69) is 6.08 Å². The van der Waals surface area contributed by atoms with Crippen molar-refractivity contribution in [3.63, 3.8) is 0 Å². The van der Waals surface area contributed by atoms with Gasteiger partial charge < -0.3 is 0 Å². The number of allylic oxidation sites excluding steroid dienone is 4. The van der Waals surface area contributed by atoms with E-state index in [4.69, 9.17) is 0 Å². The van der Waals surface area contributed by atoms with E-state index in [0.29, 0.717) is 12.0 Å². The molecule has 0 aromatic heterocycles. The van der Waals surface area contributed by atoms with Crippen molar-refractivity contribution in [2.45, 2.75) is 33.6 Å². The smallest absolute Gasteiger partial charge is 0.165 e. The molecule has 2 heteroatoms. The normalized spacial score (nSPS) is 35.8. The summed E-state index contributed by atoms with van der Waals surface area (Å²) in [5.41, 5.74) is 1.37. The standard InChI is InChI=1S/C13H16O2/c1-8-4-5-13(3)10(6-8)11(14)7-9(2)12(13)15/h4,7,10H,5-6H2,1-3H3/t10?,13-/m1/s1. The third-order valence-corrected chi connectivity index (χ3v) is 3.75. The van der Waals surface area contributed by atoms with Crippen LogP contribution >= 0.6 is 0 Å². The molecule has 0 radical (unpaired) electrons. The van der Waals surface area contributed by atoms with Gasteiger partial charge in [0.25, 0.3) is 0 Å². The first-order valence-electron chi connectivity index (χ1n) is 5.38. The van der Waals surface area contributed by atoms with Crippen LogP contribution in [0.25, 0.3) is 0 Å². The molecule has 0 saturated heterocycles. The molecule has 0 aromatic rings. The van der Waals surface area contributed by atoms with Gasteiger partial charge in [-0.15, -0.1) is 0 Å². The molecule has 80 valence electrons. The van der Waals surface area contributed by atoms with Gasteiger partial charge in [0.15, 0.2) is 11.6 Å². The maximum Gasteiger partial charge on any atom is 0.165 e. The van der Waals surface area contributed by atoms with E-state index < -0.39 is 5.41 Å². The summed E-state index contributed by atoms with van der Waals surface area (Å²) in [4.78, 5) is 24.0. The van der Waals surface area contributed by atoms with Crippen LogP contribution in [0.3, 0.4) is 0 Å². The first-order chi connectivity index (χ1) is 6.95. The van der Waals surface area contributed by atoms with Gasteiger partial charge in [-0.05, 0) is 38.3 Å². The average Bonchev–Trinajstić information content (AvgIpc) is 2.18. The van der Waals surface area contributed by atoms with E-state index >= 15 is 0 Å². The van der Waals surface area contributed by atoms with Gasteiger partial charge in [-0.2, -0.15) is 0 Å². The van der Waals surface area contributed by atoms with Gasteiger partial charge in [-0.1, -0.05) is 18.6 Å². The Labute approximate surface area is 90.1 Å². The van der Waals surface area contributed by atoms with Crippen molar-refractivity contribution >= 4 is 11.6 Å². The van der Waals surface area contributed by atoms with Gasteiger partial charge >= 0.3 is 0 Å². The molecule has 15 heavy (non-hydrogen) atoms. The number of rotatable bonds is 0. The van der Waals surface area contributed by atoms with Crippen LogP contribution in [0.4, 0.5) is 0 Å². The van der Waals surface area contributed by atoms with Crippen molar-refractivity contribution in [2.75, 3.05) is 0 Å². The van der Waals surface area contributed by atoms with Gasteiger partial charge in [-0.25, -0.2) is 0 Å². The van der Waals surface area contributed by atoms with Crippen molar-refractivity contribution in [1.29, 1.82) is 0 Å². The molecule has 0 amide bonds. The summed E-state index contributed by atoms with van der Waals surface area (Å²) in [6.07, 6.45) is 5.07. The SMILES string of the molecule is CC1=CC[C@@]2(C)C(=O)C(C)=CC(=O)C2C1. The fraction of sp³-hybridized carbons (Fsp3) is 0.538. The molecular weight excluding hydrogens is 188 g/mol. The Morgan fingerprint density at radius 1 is 1.33 bits per heavy atom. The number of ketones is 2. The number of Topliss-reactive ketones (excluding diaryl/α,β-unsaturated/α-hetero) is 1. The van der Waals surface area contributed by atoms with Crippen molar-refractivity contribution in [1.82, 2.24) is 0 Å². The molecule has 0 aliphatic heterocycles. The van der Waals surface area contributed by atoms with Crippen LogP contribution in [-0.2, 0) is 9.59 Å². The lowest BCUT2D eigenvalue weighted by atomic mass is 9.60. The summed E-state index contributed by atoms with van der Waals surface area (Å²) in [5, 5.41) is 0. The van der Waals surface area contributed by atoms with E-state index in [9.17, 15) is 9.59 Å². The molecule has 2 nitrogen and oxygen atoms in total. The Morgan fingerprint density at radius 3 is 2.67 bits per heavy atom. The second-order valence-corrected chi connectivity index (χ2v) is 4.99. The van der Waals surface area contributed by atoms with Gasteiger partial charge in [0.05, 0.1) is 0 Å². The van der Waals surface area contributed by atoms with Crippen LogP contribution in [0.5, 0.6) is 0 Å². The van der Waals surface area contributed by atoms with Gasteiger partial charge in [0, 0.05) is 11.3 Å². The molecule has 1 unspecified atom stereocenters. The highest BCUT2D eigenvalue weighted by molar-refractivity contribution is 6.12. The molecule has 0 fully saturated rings. The Hall–Kier alpha value is -1.18. The number of carbonyl (C=O) groups excluding carboxylic acids is 2. The highest BCUT2D eigenvalue weighted by atomic mass is 16.1. The fourth-order valence-electron chi connectivity index (χ4n) is 2.65. The zero-order valence-electron chi connectivity index (χ0n) is 9.46. The van der Waals surface area contributed by atoms with E-state index in [1.807, 2.05) is 13.8 Å². The van der Waals surface area contributed by atoms with Crippen LogP contribution in [0.2, 0.25) is 0 Å². The van der Waals surface area contributed by atoms with Crippen LogP contribution in [-0.4, -0.2) is 11.6 Å². The lowest BCUT2D eigenvalue weighted by Crippen LogP contribution is -2.45. The van der Waals surface area contributed by atoms with Crippen LogP contribution in [0, 0.1) is 11.3 Å². The monoisotopic (exact) mass is 204 g/mol. The van der Waals surface area contributed by atoms with Crippen molar-refractivity contribution < 1.29 is 9.59 Å². The predicted molar refractivity (Wildman–Crippen MR) is 58.4 cm³/mol. The maximum absolute atomic E-state index is 12.1. The predicted octanol–water partition coefficient (Wildman–Crippen LogP) is 2.45. The van der Waals surface area contributed by atoms with E-state index in [-0.39, 0.29) is 17.5 Å². The number of hydrogen-bond donors (Lipinski definition) is 0. The third kappa shape index (κ3) is 1.39. The minimum absolute atomic E-state index is 0.126. The minimum Gasteiger partial charge on any atom is -0.294 e. The van der Waals surface area contributed by atoms with Gasteiger partial charge in [-0.3, -0.25) is 9.59 Å². The summed E-state index contributed by atoms with van der Waals surface area (Å²) >= 11 is 0. The number of hydrogen-bond acceptors (Lipinski definition) is 2. The second-order valence-electron chi connectivity index (χ2n) is 4.99. The first-order valence-corrected chi connectivity index (χ1v) is 5.38. The molecular formula is C13H16O2. The highest BCUT2D eigenvalue weighted by Crippen LogP contribution is 2.45. The van der Waals surface area contributed by atoms with E-state index in [1.165, 1.54) is 11.6 Å². The molecule has 2 rings (SSSR count). The lowest BCUT2D eigenvalue weighted by molar-refractivity contribution is -0.136. The summed E-state index contributed by atoms with van der Waals surface area (Å²) in [6, 6.07) is 0. The highest BCUT2D eigenvalue weighted by Gasteiger charge is 2.48. The molecule has 0 spiro atoms. The molecule has 2 atom stereocenters. The average molecular weight is 204 g/mol. The molecule has 2 aliphatic rings.